The molecule has 17 heavy (non-hydrogen) atoms. The molecule has 0 spiro atoms. The Morgan fingerprint density at radius 2 is 1.29 bits per heavy atom. The van der Waals surface area contributed by atoms with Gasteiger partial charge in [0.1, 0.15) is 0 Å². The standard InChI is InChI=1S/C8H2Cl3IO5/c9-3-1(7(13)14)5(11)6(12-17)2(4(3)10)8(15)16/h(H,13,14)(H,15,16). The molecule has 0 fully saturated rings. The van der Waals surface area contributed by atoms with Gasteiger partial charge in [-0.3, -0.25) is 3.07 Å². The Morgan fingerprint density at radius 1 is 0.882 bits per heavy atom. The highest BCUT2D eigenvalue weighted by Gasteiger charge is 2.28. The molecule has 0 unspecified atom stereocenters. The molecule has 0 amide bonds. The molecule has 1 aromatic rings. The lowest BCUT2D eigenvalue weighted by molar-refractivity contribution is 0.0680. The molecule has 0 aliphatic rings. The topological polar surface area (TPSA) is 91.7 Å². The molecule has 0 atom stereocenters. The number of hydrogen-bond acceptors (Lipinski definition) is 3. The zero-order valence-electron chi connectivity index (χ0n) is 7.63. The maximum Gasteiger partial charge on any atom is 0.338 e. The highest BCUT2D eigenvalue weighted by Crippen LogP contribution is 2.40. The van der Waals surface area contributed by atoms with Crippen molar-refractivity contribution in [2.45, 2.75) is 0 Å². The zero-order valence-corrected chi connectivity index (χ0v) is 12.1. The highest BCUT2D eigenvalue weighted by molar-refractivity contribution is 14.1. The Hall–Kier alpha value is -0.440. The summed E-state index contributed by atoms with van der Waals surface area (Å²) in [6, 6.07) is 0. The Kier molecular flexibility index (Phi) is 4.70. The first-order chi connectivity index (χ1) is 7.82. The highest BCUT2D eigenvalue weighted by atomic mass is 127. The second-order valence-corrected chi connectivity index (χ2v) is 5.35. The van der Waals surface area contributed by atoms with Gasteiger partial charge in [0.15, 0.2) is 21.2 Å². The fourth-order valence-electron chi connectivity index (χ4n) is 1.08. The van der Waals surface area contributed by atoms with Crippen LogP contribution in [-0.2, 0) is 3.07 Å². The number of benzene rings is 1. The first-order valence-corrected chi connectivity index (χ1v) is 6.86. The number of aromatic carboxylic acids is 2. The Bertz CT molecular complexity index is 543. The van der Waals surface area contributed by atoms with Crippen LogP contribution in [0.25, 0.3) is 0 Å². The minimum absolute atomic E-state index is 0.287. The SMILES string of the molecule is O=Ic1c(Cl)c(C(=O)O)c(Cl)c(Cl)c1C(=O)O. The molecule has 0 aromatic heterocycles. The summed E-state index contributed by atoms with van der Waals surface area (Å²) in [5.74, 6) is -2.95. The minimum atomic E-state index is -2.01. The second-order valence-electron chi connectivity index (χ2n) is 2.69. The average molecular weight is 411 g/mol. The van der Waals surface area contributed by atoms with Gasteiger partial charge >= 0.3 is 11.9 Å². The molecule has 0 bridgehead atoms. The van der Waals surface area contributed by atoms with E-state index in [9.17, 15) is 12.7 Å². The average Bonchev–Trinajstić information content (AvgIpc) is 2.22. The molecule has 0 saturated heterocycles. The van der Waals surface area contributed by atoms with Gasteiger partial charge in [0.25, 0.3) is 0 Å². The molecule has 1 aromatic carbocycles. The van der Waals surface area contributed by atoms with Crippen molar-refractivity contribution >= 4 is 67.9 Å². The fourth-order valence-corrected chi connectivity index (χ4v) is 3.48. The molecule has 0 aliphatic heterocycles. The van der Waals surface area contributed by atoms with Crippen LogP contribution >= 0.6 is 56.0 Å². The van der Waals surface area contributed by atoms with Gasteiger partial charge in [-0.05, 0) is 0 Å². The van der Waals surface area contributed by atoms with Crippen LogP contribution in [0.1, 0.15) is 20.7 Å². The van der Waals surface area contributed by atoms with E-state index >= 15 is 0 Å². The normalized spacial score (nSPS) is 10.3. The maximum absolute atomic E-state index is 11.0. The predicted molar refractivity (Wildman–Crippen MR) is 68.8 cm³/mol. The first-order valence-electron chi connectivity index (χ1n) is 3.77. The summed E-state index contributed by atoms with van der Waals surface area (Å²) in [5, 5.41) is 16.3. The molecule has 9 heteroatoms. The second kappa shape index (κ2) is 5.47. The number of carboxylic acid groups (broad SMARTS) is 2. The number of carbonyl (C=O) groups is 2. The molecule has 0 radical (unpaired) electrons. The molecule has 2 N–H and O–H groups in total. The summed E-state index contributed by atoms with van der Waals surface area (Å²) in [7, 11) is 0. The largest absolute Gasteiger partial charge is 0.478 e. The Morgan fingerprint density at radius 3 is 1.65 bits per heavy atom. The molecular formula is C8H2Cl3IO5. The van der Waals surface area contributed by atoms with Crippen molar-refractivity contribution in [2.24, 2.45) is 0 Å². The number of carboxylic acids is 2. The van der Waals surface area contributed by atoms with E-state index in [-0.39, 0.29) is 3.57 Å². The summed E-state index contributed by atoms with van der Waals surface area (Å²) in [6.07, 6.45) is 0. The van der Waals surface area contributed by atoms with Crippen LogP contribution in [0.2, 0.25) is 15.1 Å². The van der Waals surface area contributed by atoms with Gasteiger partial charge in [0.05, 0.1) is 29.8 Å². The van der Waals surface area contributed by atoms with E-state index in [1.54, 1.807) is 0 Å². The van der Waals surface area contributed by atoms with Gasteiger partial charge in [-0.15, -0.1) is 0 Å². The molecule has 5 nitrogen and oxygen atoms in total. The van der Waals surface area contributed by atoms with Crippen molar-refractivity contribution < 1.29 is 22.9 Å². The molecule has 0 heterocycles. The number of hydrogen-bond donors (Lipinski definition) is 2. The molecule has 92 valence electrons. The van der Waals surface area contributed by atoms with Gasteiger partial charge in [-0.1, -0.05) is 34.8 Å². The molecule has 1 rings (SSSR count). The quantitative estimate of drug-likeness (QED) is 0.587. The molecule has 0 aliphatic carbocycles. The summed E-state index contributed by atoms with van der Waals surface area (Å²) in [4.78, 5) is 21.8. The van der Waals surface area contributed by atoms with Crippen molar-refractivity contribution in [2.75, 3.05) is 0 Å². The van der Waals surface area contributed by atoms with Gasteiger partial charge < -0.3 is 10.2 Å². The van der Waals surface area contributed by atoms with E-state index in [4.69, 9.17) is 45.0 Å². The molecular weight excluding hydrogens is 409 g/mol. The van der Waals surface area contributed by atoms with E-state index in [0.717, 1.165) is 0 Å². The van der Waals surface area contributed by atoms with E-state index in [1.807, 2.05) is 0 Å². The van der Waals surface area contributed by atoms with Crippen molar-refractivity contribution in [3.8, 4) is 0 Å². The first kappa shape index (κ1) is 14.6. The predicted octanol–water partition coefficient (Wildman–Crippen LogP) is 3.53. The van der Waals surface area contributed by atoms with Crippen molar-refractivity contribution in [1.82, 2.24) is 0 Å². The lowest BCUT2D eigenvalue weighted by Crippen LogP contribution is -2.08. The monoisotopic (exact) mass is 410 g/mol. The van der Waals surface area contributed by atoms with Crippen LogP contribution in [0.3, 0.4) is 0 Å². The van der Waals surface area contributed by atoms with E-state index in [2.05, 4.69) is 0 Å². The lowest BCUT2D eigenvalue weighted by atomic mass is 10.1. The van der Waals surface area contributed by atoms with E-state index < -0.39 is 59.3 Å². The van der Waals surface area contributed by atoms with Crippen LogP contribution in [-0.4, -0.2) is 22.2 Å². The third-order valence-corrected chi connectivity index (χ3v) is 4.84. The third kappa shape index (κ3) is 2.54. The maximum atomic E-state index is 11.0. The van der Waals surface area contributed by atoms with E-state index in [0.29, 0.717) is 0 Å². The van der Waals surface area contributed by atoms with Crippen molar-refractivity contribution in [3.05, 3.63) is 29.8 Å². The van der Waals surface area contributed by atoms with Crippen LogP contribution in [0.15, 0.2) is 0 Å². The third-order valence-electron chi connectivity index (χ3n) is 1.77. The van der Waals surface area contributed by atoms with Crippen LogP contribution in [0.4, 0.5) is 0 Å². The van der Waals surface area contributed by atoms with Crippen LogP contribution < -0.4 is 0 Å². The number of rotatable bonds is 3. The Labute approximate surface area is 120 Å². The summed E-state index contributed by atoms with van der Waals surface area (Å²) < 4.78 is 10.7. The van der Waals surface area contributed by atoms with Crippen LogP contribution in [0.5, 0.6) is 0 Å². The summed E-state index contributed by atoms with van der Waals surface area (Å²) >= 11 is 14.9. The smallest absolute Gasteiger partial charge is 0.338 e. The molecule has 0 saturated carbocycles. The van der Waals surface area contributed by atoms with Gasteiger partial charge in [0, 0.05) is 0 Å². The van der Waals surface area contributed by atoms with E-state index in [1.165, 1.54) is 0 Å². The fraction of sp³-hybridized carbons (Fsp3) is 0. The Balaban J connectivity index is 3.87. The lowest BCUT2D eigenvalue weighted by Gasteiger charge is -2.10. The number of halogens is 4. The minimum Gasteiger partial charge on any atom is -0.478 e. The van der Waals surface area contributed by atoms with Crippen LogP contribution in [0, 0.1) is 3.57 Å². The van der Waals surface area contributed by atoms with Gasteiger partial charge in [-0.25, -0.2) is 9.59 Å². The van der Waals surface area contributed by atoms with Crippen molar-refractivity contribution in [1.29, 1.82) is 0 Å². The van der Waals surface area contributed by atoms with Gasteiger partial charge in [-0.2, -0.15) is 0 Å². The van der Waals surface area contributed by atoms with Crippen molar-refractivity contribution in [3.63, 3.8) is 0 Å². The summed E-state index contributed by atoms with van der Waals surface area (Å²) in [5.41, 5.74) is -1.07. The summed E-state index contributed by atoms with van der Waals surface area (Å²) in [6.45, 7) is 0. The van der Waals surface area contributed by atoms with Gasteiger partial charge in [0.2, 0.25) is 0 Å². The zero-order chi connectivity index (χ0) is 13.3.